The number of nitrogens with zero attached hydrogens (tertiary/aromatic N) is 1. The lowest BCUT2D eigenvalue weighted by molar-refractivity contribution is -0.154. The van der Waals surface area contributed by atoms with Crippen LogP contribution in [0.25, 0.3) is 0 Å². The first-order valence-corrected chi connectivity index (χ1v) is 8.26. The third kappa shape index (κ3) is 4.41. The summed E-state index contributed by atoms with van der Waals surface area (Å²) in [5, 5.41) is 18.8. The van der Waals surface area contributed by atoms with Gasteiger partial charge >= 0.3 is 11.9 Å². The highest BCUT2D eigenvalue weighted by Crippen LogP contribution is 2.23. The Bertz CT molecular complexity index is 1020. The van der Waals surface area contributed by atoms with Crippen molar-refractivity contribution in [1.82, 2.24) is 4.90 Å². The van der Waals surface area contributed by atoms with E-state index in [1.807, 2.05) is 0 Å². The van der Waals surface area contributed by atoms with Gasteiger partial charge in [-0.2, -0.15) is 0 Å². The first kappa shape index (κ1) is 21.6. The van der Waals surface area contributed by atoms with Gasteiger partial charge in [0, 0.05) is 28.9 Å². The van der Waals surface area contributed by atoms with Crippen molar-refractivity contribution < 1.29 is 24.3 Å². The van der Waals surface area contributed by atoms with Gasteiger partial charge < -0.3 is 16.2 Å². The molecule has 0 fully saturated rings. The Morgan fingerprint density at radius 3 is 2.28 bits per heavy atom. The summed E-state index contributed by atoms with van der Waals surface area (Å²) in [6, 6.07) is 10.8. The Morgan fingerprint density at radius 2 is 1.69 bits per heavy atom. The maximum absolute atomic E-state index is 12.5. The fraction of sp³-hybridized carbons (Fsp3) is 0.105. The molecule has 0 saturated heterocycles. The van der Waals surface area contributed by atoms with Gasteiger partial charge in [-0.15, -0.1) is 12.4 Å². The first-order valence-electron chi connectivity index (χ1n) is 8.26. The van der Waals surface area contributed by atoms with Crippen LogP contribution < -0.4 is 11.1 Å². The van der Waals surface area contributed by atoms with E-state index in [0.717, 1.165) is 0 Å². The van der Waals surface area contributed by atoms with Gasteiger partial charge in [-0.1, -0.05) is 18.2 Å². The van der Waals surface area contributed by atoms with E-state index < -0.39 is 23.7 Å². The van der Waals surface area contributed by atoms with Crippen LogP contribution >= 0.6 is 12.4 Å². The molecule has 29 heavy (non-hydrogen) atoms. The highest BCUT2D eigenvalue weighted by Gasteiger charge is 2.32. The van der Waals surface area contributed by atoms with E-state index in [-0.39, 0.29) is 30.4 Å². The SMILES string of the molecule is Cl.N=C(N)c1ccc(C(=O)Nc2ccc3c(c2)C(=O)N(C(=O)C(=O)O)CC3)cc1. The Labute approximate surface area is 171 Å². The molecule has 10 heteroatoms. The van der Waals surface area contributed by atoms with Crippen molar-refractivity contribution in [3.63, 3.8) is 0 Å². The summed E-state index contributed by atoms with van der Waals surface area (Å²) in [6.45, 7) is -0.00876. The summed E-state index contributed by atoms with van der Waals surface area (Å²) in [7, 11) is 0. The van der Waals surface area contributed by atoms with Crippen LogP contribution in [0.3, 0.4) is 0 Å². The first-order chi connectivity index (χ1) is 13.3. The van der Waals surface area contributed by atoms with Gasteiger partial charge in [0.25, 0.3) is 11.8 Å². The minimum Gasteiger partial charge on any atom is -0.474 e. The van der Waals surface area contributed by atoms with Crippen molar-refractivity contribution in [3.8, 4) is 0 Å². The third-order valence-corrected chi connectivity index (χ3v) is 4.33. The number of fused-ring (bicyclic) bond motifs is 1. The molecule has 9 nitrogen and oxygen atoms in total. The quantitative estimate of drug-likeness (QED) is 0.335. The van der Waals surface area contributed by atoms with Gasteiger partial charge in [0.1, 0.15) is 5.84 Å². The predicted octanol–water partition coefficient (Wildman–Crippen LogP) is 1.25. The number of halogens is 1. The average Bonchev–Trinajstić information content (AvgIpc) is 2.68. The molecule has 0 radical (unpaired) electrons. The second-order valence-electron chi connectivity index (χ2n) is 6.13. The van der Waals surface area contributed by atoms with Crippen LogP contribution in [0.5, 0.6) is 0 Å². The number of carboxylic acid groups (broad SMARTS) is 1. The van der Waals surface area contributed by atoms with Crippen LogP contribution in [0.4, 0.5) is 5.69 Å². The highest BCUT2D eigenvalue weighted by atomic mass is 35.5. The van der Waals surface area contributed by atoms with Gasteiger partial charge in [0.2, 0.25) is 0 Å². The summed E-state index contributed by atoms with van der Waals surface area (Å²) in [6.07, 6.45) is 0.334. The maximum Gasteiger partial charge on any atom is 0.395 e. The van der Waals surface area contributed by atoms with Crippen molar-refractivity contribution in [2.75, 3.05) is 11.9 Å². The fourth-order valence-corrected chi connectivity index (χ4v) is 2.86. The van der Waals surface area contributed by atoms with Gasteiger partial charge in [0.15, 0.2) is 0 Å². The number of imide groups is 1. The fourth-order valence-electron chi connectivity index (χ4n) is 2.86. The highest BCUT2D eigenvalue weighted by molar-refractivity contribution is 6.35. The predicted molar refractivity (Wildman–Crippen MR) is 106 cm³/mol. The molecule has 0 bridgehead atoms. The summed E-state index contributed by atoms with van der Waals surface area (Å²) < 4.78 is 0. The zero-order valence-electron chi connectivity index (χ0n) is 15.0. The summed E-state index contributed by atoms with van der Waals surface area (Å²) in [5.41, 5.74) is 7.37. The van der Waals surface area contributed by atoms with Crippen molar-refractivity contribution in [1.29, 1.82) is 5.41 Å². The zero-order valence-corrected chi connectivity index (χ0v) is 15.8. The molecule has 0 saturated carbocycles. The second-order valence-corrected chi connectivity index (χ2v) is 6.13. The van der Waals surface area contributed by atoms with Gasteiger partial charge in [0.05, 0.1) is 0 Å². The van der Waals surface area contributed by atoms with Crippen molar-refractivity contribution in [3.05, 3.63) is 64.7 Å². The molecule has 0 aliphatic carbocycles. The molecule has 1 aliphatic rings. The normalized spacial score (nSPS) is 12.4. The van der Waals surface area contributed by atoms with Gasteiger partial charge in [-0.05, 0) is 36.2 Å². The minimum absolute atomic E-state index is 0. The molecule has 3 amide bonds. The summed E-state index contributed by atoms with van der Waals surface area (Å²) in [4.78, 5) is 48.1. The number of rotatable bonds is 3. The number of amidine groups is 1. The molecule has 1 heterocycles. The maximum atomic E-state index is 12.5. The molecule has 3 rings (SSSR count). The molecular weight excluding hydrogens is 400 g/mol. The molecule has 0 spiro atoms. The third-order valence-electron chi connectivity index (χ3n) is 4.33. The lowest BCUT2D eigenvalue weighted by Gasteiger charge is -2.25. The van der Waals surface area contributed by atoms with Gasteiger partial charge in [-0.3, -0.25) is 24.7 Å². The number of carbonyl (C=O) groups is 4. The molecule has 0 aromatic heterocycles. The number of anilines is 1. The van der Waals surface area contributed by atoms with E-state index in [2.05, 4.69) is 5.32 Å². The molecule has 0 atom stereocenters. The Balaban J connectivity index is 0.00000300. The molecule has 150 valence electrons. The monoisotopic (exact) mass is 416 g/mol. The second kappa shape index (κ2) is 8.53. The lowest BCUT2D eigenvalue weighted by atomic mass is 9.98. The Kier molecular flexibility index (Phi) is 6.35. The average molecular weight is 417 g/mol. The largest absolute Gasteiger partial charge is 0.474 e. The van der Waals surface area contributed by atoms with E-state index in [1.165, 1.54) is 18.2 Å². The van der Waals surface area contributed by atoms with E-state index in [9.17, 15) is 19.2 Å². The molecule has 2 aromatic carbocycles. The molecule has 5 N–H and O–H groups in total. The van der Waals surface area contributed by atoms with E-state index in [0.29, 0.717) is 33.7 Å². The van der Waals surface area contributed by atoms with E-state index in [4.69, 9.17) is 16.2 Å². The topological polar surface area (TPSA) is 154 Å². The number of aliphatic carboxylic acids is 1. The van der Waals surface area contributed by atoms with Crippen LogP contribution in [-0.4, -0.2) is 46.1 Å². The molecular formula is C19H17ClN4O5. The summed E-state index contributed by atoms with van der Waals surface area (Å²) >= 11 is 0. The van der Waals surface area contributed by atoms with Crippen LogP contribution in [0.1, 0.15) is 31.8 Å². The molecule has 1 aliphatic heterocycles. The standard InChI is InChI=1S/C19H16N4O5.ClH/c20-15(21)11-1-3-12(4-2-11)16(24)22-13-6-5-10-7-8-23(18(26)19(27)28)17(25)14(10)9-13;/h1-6,9H,7-8H2,(H3,20,21)(H,22,24)(H,27,28);1H. The van der Waals surface area contributed by atoms with E-state index >= 15 is 0 Å². The number of nitrogens with two attached hydrogens (primary N) is 1. The number of carbonyl (C=O) groups excluding carboxylic acids is 3. The number of nitrogens with one attached hydrogen (secondary N) is 2. The molecule has 2 aromatic rings. The Morgan fingerprint density at radius 1 is 1.07 bits per heavy atom. The van der Waals surface area contributed by atoms with Crippen LogP contribution in [0.15, 0.2) is 42.5 Å². The smallest absolute Gasteiger partial charge is 0.395 e. The van der Waals surface area contributed by atoms with Crippen molar-refractivity contribution in [2.24, 2.45) is 5.73 Å². The zero-order chi connectivity index (χ0) is 20.4. The van der Waals surface area contributed by atoms with Crippen LogP contribution in [0, 0.1) is 5.41 Å². The lowest BCUT2D eigenvalue weighted by Crippen LogP contribution is -2.45. The Hall–Kier alpha value is -3.72. The molecule has 0 unspecified atom stereocenters. The van der Waals surface area contributed by atoms with Crippen LogP contribution in [-0.2, 0) is 16.0 Å². The minimum atomic E-state index is -1.70. The van der Waals surface area contributed by atoms with Gasteiger partial charge in [-0.25, -0.2) is 4.79 Å². The number of hydrogen-bond donors (Lipinski definition) is 4. The van der Waals surface area contributed by atoms with Crippen LogP contribution in [0.2, 0.25) is 0 Å². The number of nitrogen functional groups attached to an aromatic ring is 1. The summed E-state index contributed by atoms with van der Waals surface area (Å²) in [5.74, 6) is -4.24. The van der Waals surface area contributed by atoms with Crippen molar-refractivity contribution in [2.45, 2.75) is 6.42 Å². The van der Waals surface area contributed by atoms with E-state index in [1.54, 1.807) is 24.3 Å². The number of carboxylic acids is 1. The van der Waals surface area contributed by atoms with Crippen molar-refractivity contribution >= 4 is 47.6 Å². The number of benzene rings is 2. The number of hydrogen-bond acceptors (Lipinski definition) is 5. The number of amides is 3.